The number of aromatic nitrogens is 2. The lowest BCUT2D eigenvalue weighted by atomic mass is 10.00. The standard InChI is InChI=1S/C11H19N3O2/c1-11(2,3)13-10-12-9(14-16-10)8-4-6-15-7-5-8/h8H,4-7H2,1-3H3,(H,12,13,14). The van der Waals surface area contributed by atoms with Crippen molar-refractivity contribution in [2.45, 2.75) is 45.1 Å². The van der Waals surface area contributed by atoms with Crippen LogP contribution < -0.4 is 5.32 Å². The maximum absolute atomic E-state index is 5.31. The van der Waals surface area contributed by atoms with Crippen molar-refractivity contribution in [2.75, 3.05) is 18.5 Å². The quantitative estimate of drug-likeness (QED) is 0.835. The minimum absolute atomic E-state index is 0.0561. The predicted octanol–water partition coefficient (Wildman–Crippen LogP) is 2.17. The Kier molecular flexibility index (Phi) is 3.14. The van der Waals surface area contributed by atoms with Gasteiger partial charge in [0.2, 0.25) is 0 Å². The molecule has 0 radical (unpaired) electrons. The largest absolute Gasteiger partial charge is 0.381 e. The van der Waals surface area contributed by atoms with Crippen LogP contribution in [0.1, 0.15) is 45.4 Å². The van der Waals surface area contributed by atoms with E-state index in [1.807, 2.05) is 0 Å². The molecule has 90 valence electrons. The van der Waals surface area contributed by atoms with Crippen LogP contribution in [0.15, 0.2) is 4.52 Å². The molecule has 0 saturated carbocycles. The van der Waals surface area contributed by atoms with Crippen LogP contribution in [0.3, 0.4) is 0 Å². The number of ether oxygens (including phenoxy) is 1. The van der Waals surface area contributed by atoms with Gasteiger partial charge >= 0.3 is 6.01 Å². The highest BCUT2D eigenvalue weighted by Gasteiger charge is 2.22. The van der Waals surface area contributed by atoms with Crippen molar-refractivity contribution < 1.29 is 9.26 Å². The Labute approximate surface area is 95.6 Å². The lowest BCUT2D eigenvalue weighted by molar-refractivity contribution is 0.0830. The molecule has 5 nitrogen and oxygen atoms in total. The van der Waals surface area contributed by atoms with Crippen LogP contribution in [-0.2, 0) is 4.74 Å². The molecule has 0 atom stereocenters. The van der Waals surface area contributed by atoms with Crippen LogP contribution in [0.5, 0.6) is 0 Å². The molecule has 1 aliphatic heterocycles. The van der Waals surface area contributed by atoms with Crippen LogP contribution in [0, 0.1) is 0 Å². The first kappa shape index (κ1) is 11.4. The van der Waals surface area contributed by atoms with Crippen LogP contribution >= 0.6 is 0 Å². The molecule has 16 heavy (non-hydrogen) atoms. The summed E-state index contributed by atoms with van der Waals surface area (Å²) >= 11 is 0. The molecule has 0 spiro atoms. The Morgan fingerprint density at radius 3 is 2.56 bits per heavy atom. The van der Waals surface area contributed by atoms with Crippen LogP contribution in [0.2, 0.25) is 0 Å². The van der Waals surface area contributed by atoms with Gasteiger partial charge in [-0.05, 0) is 33.6 Å². The third-order valence-electron chi connectivity index (χ3n) is 2.51. The number of rotatable bonds is 2. The summed E-state index contributed by atoms with van der Waals surface area (Å²) in [6.07, 6.45) is 1.96. The number of anilines is 1. The molecule has 0 unspecified atom stereocenters. The van der Waals surface area contributed by atoms with E-state index in [0.29, 0.717) is 11.9 Å². The van der Waals surface area contributed by atoms with Gasteiger partial charge in [0.05, 0.1) is 0 Å². The van der Waals surface area contributed by atoms with Crippen molar-refractivity contribution in [3.05, 3.63) is 5.82 Å². The summed E-state index contributed by atoms with van der Waals surface area (Å²) in [6.45, 7) is 7.77. The molecule has 1 aromatic heterocycles. The fourth-order valence-corrected chi connectivity index (χ4v) is 1.73. The third kappa shape index (κ3) is 2.95. The molecule has 1 saturated heterocycles. The van der Waals surface area contributed by atoms with Gasteiger partial charge in [-0.3, -0.25) is 0 Å². The van der Waals surface area contributed by atoms with Gasteiger partial charge in [-0.25, -0.2) is 0 Å². The summed E-state index contributed by atoms with van der Waals surface area (Å²) < 4.78 is 10.5. The SMILES string of the molecule is CC(C)(C)Nc1nc(C2CCOCC2)no1. The Morgan fingerprint density at radius 1 is 1.25 bits per heavy atom. The summed E-state index contributed by atoms with van der Waals surface area (Å²) in [7, 11) is 0. The molecule has 5 heteroatoms. The van der Waals surface area contributed by atoms with Gasteiger partial charge in [-0.2, -0.15) is 4.98 Å². The van der Waals surface area contributed by atoms with Gasteiger partial charge in [0, 0.05) is 24.7 Å². The molecule has 0 aliphatic carbocycles. The molecule has 2 heterocycles. The second-order valence-electron chi connectivity index (χ2n) is 5.22. The van der Waals surface area contributed by atoms with Gasteiger partial charge in [0.15, 0.2) is 5.82 Å². The normalized spacial score (nSPS) is 18.7. The highest BCUT2D eigenvalue weighted by molar-refractivity contribution is 5.23. The van der Waals surface area contributed by atoms with E-state index in [9.17, 15) is 0 Å². The van der Waals surface area contributed by atoms with E-state index < -0.39 is 0 Å². The van der Waals surface area contributed by atoms with E-state index in [4.69, 9.17) is 9.26 Å². The average Bonchev–Trinajstić information content (AvgIpc) is 2.65. The lowest BCUT2D eigenvalue weighted by Crippen LogP contribution is -2.26. The first-order valence-electron chi connectivity index (χ1n) is 5.74. The zero-order valence-electron chi connectivity index (χ0n) is 10.1. The molecular formula is C11H19N3O2. The van der Waals surface area contributed by atoms with E-state index in [-0.39, 0.29) is 5.54 Å². The summed E-state index contributed by atoms with van der Waals surface area (Å²) in [4.78, 5) is 4.37. The first-order chi connectivity index (χ1) is 7.54. The summed E-state index contributed by atoms with van der Waals surface area (Å²) in [5.41, 5.74) is -0.0561. The average molecular weight is 225 g/mol. The first-order valence-corrected chi connectivity index (χ1v) is 5.74. The van der Waals surface area contributed by atoms with E-state index in [1.165, 1.54) is 0 Å². The molecular weight excluding hydrogens is 206 g/mol. The third-order valence-corrected chi connectivity index (χ3v) is 2.51. The van der Waals surface area contributed by atoms with Crippen LogP contribution in [0.25, 0.3) is 0 Å². The van der Waals surface area contributed by atoms with Crippen molar-refractivity contribution >= 4 is 6.01 Å². The molecule has 1 fully saturated rings. The number of nitrogens with zero attached hydrogens (tertiary/aromatic N) is 2. The Hall–Kier alpha value is -1.10. The molecule has 0 aromatic carbocycles. The Morgan fingerprint density at radius 2 is 1.94 bits per heavy atom. The fraction of sp³-hybridized carbons (Fsp3) is 0.818. The van der Waals surface area contributed by atoms with E-state index >= 15 is 0 Å². The summed E-state index contributed by atoms with van der Waals surface area (Å²) in [5, 5.41) is 7.19. The zero-order chi connectivity index (χ0) is 11.6. The van der Waals surface area contributed by atoms with Gasteiger partial charge in [0.25, 0.3) is 0 Å². The number of hydrogen-bond acceptors (Lipinski definition) is 5. The number of hydrogen-bond donors (Lipinski definition) is 1. The summed E-state index contributed by atoms with van der Waals surface area (Å²) in [6, 6.07) is 0.508. The highest BCUT2D eigenvalue weighted by Crippen LogP contribution is 2.25. The van der Waals surface area contributed by atoms with E-state index in [0.717, 1.165) is 31.9 Å². The van der Waals surface area contributed by atoms with Crippen molar-refractivity contribution in [3.8, 4) is 0 Å². The van der Waals surface area contributed by atoms with Crippen LogP contribution in [0.4, 0.5) is 6.01 Å². The predicted molar refractivity (Wildman–Crippen MR) is 60.5 cm³/mol. The second kappa shape index (κ2) is 4.41. The van der Waals surface area contributed by atoms with Gasteiger partial charge < -0.3 is 14.6 Å². The highest BCUT2D eigenvalue weighted by atomic mass is 16.5. The maximum Gasteiger partial charge on any atom is 0.321 e. The van der Waals surface area contributed by atoms with Gasteiger partial charge in [-0.1, -0.05) is 5.16 Å². The minimum Gasteiger partial charge on any atom is -0.381 e. The van der Waals surface area contributed by atoms with Crippen molar-refractivity contribution in [1.82, 2.24) is 10.1 Å². The Bertz CT molecular complexity index is 337. The molecule has 2 rings (SSSR count). The number of nitrogens with one attached hydrogen (secondary N) is 1. The van der Waals surface area contributed by atoms with E-state index in [1.54, 1.807) is 0 Å². The Balaban J connectivity index is 2.01. The topological polar surface area (TPSA) is 60.2 Å². The maximum atomic E-state index is 5.31. The van der Waals surface area contributed by atoms with Crippen LogP contribution in [-0.4, -0.2) is 28.9 Å². The minimum atomic E-state index is -0.0561. The lowest BCUT2D eigenvalue weighted by Gasteiger charge is -2.19. The monoisotopic (exact) mass is 225 g/mol. The molecule has 1 aliphatic rings. The van der Waals surface area contributed by atoms with Crippen molar-refractivity contribution in [2.24, 2.45) is 0 Å². The molecule has 1 N–H and O–H groups in total. The molecule has 0 amide bonds. The zero-order valence-corrected chi connectivity index (χ0v) is 10.1. The van der Waals surface area contributed by atoms with Crippen molar-refractivity contribution in [3.63, 3.8) is 0 Å². The fourth-order valence-electron chi connectivity index (χ4n) is 1.73. The van der Waals surface area contributed by atoms with Gasteiger partial charge in [-0.15, -0.1) is 0 Å². The van der Waals surface area contributed by atoms with Gasteiger partial charge in [0.1, 0.15) is 0 Å². The van der Waals surface area contributed by atoms with E-state index in [2.05, 4.69) is 36.2 Å². The van der Waals surface area contributed by atoms with Crippen molar-refractivity contribution in [1.29, 1.82) is 0 Å². The summed E-state index contributed by atoms with van der Waals surface area (Å²) in [5.74, 6) is 1.18. The second-order valence-corrected chi connectivity index (χ2v) is 5.22. The molecule has 0 bridgehead atoms. The molecule has 1 aromatic rings. The smallest absolute Gasteiger partial charge is 0.321 e.